The van der Waals surface area contributed by atoms with Crippen LogP contribution in [0, 0.1) is 10.1 Å². The van der Waals surface area contributed by atoms with E-state index in [0.717, 1.165) is 6.07 Å². The number of sulfonamides is 1. The van der Waals surface area contributed by atoms with Gasteiger partial charge in [0, 0.05) is 17.6 Å². The molecule has 0 unspecified atom stereocenters. The minimum Gasteiger partial charge on any atom is -0.495 e. The van der Waals surface area contributed by atoms with Crippen LogP contribution in [0.4, 0.5) is 17.1 Å². The van der Waals surface area contributed by atoms with Gasteiger partial charge in [0.25, 0.3) is 11.6 Å². The van der Waals surface area contributed by atoms with Gasteiger partial charge in [0.1, 0.15) is 11.3 Å². The van der Waals surface area contributed by atoms with Gasteiger partial charge in [-0.2, -0.15) is 0 Å². The number of anilines is 2. The zero-order chi connectivity index (χ0) is 20.5. The van der Waals surface area contributed by atoms with Crippen LogP contribution in [0.2, 0.25) is 5.02 Å². The molecule has 0 aliphatic carbocycles. The van der Waals surface area contributed by atoms with E-state index in [-0.39, 0.29) is 27.8 Å². The van der Waals surface area contributed by atoms with Crippen molar-refractivity contribution < 1.29 is 22.9 Å². The highest BCUT2D eigenvalue weighted by atomic mass is 35.5. The summed E-state index contributed by atoms with van der Waals surface area (Å²) in [5, 5.41) is 13.9. The summed E-state index contributed by atoms with van der Waals surface area (Å²) in [6.45, 7) is 0.335. The molecule has 1 saturated heterocycles. The number of hydrogen-bond acceptors (Lipinski definition) is 6. The van der Waals surface area contributed by atoms with Crippen LogP contribution in [-0.4, -0.2) is 38.7 Å². The summed E-state index contributed by atoms with van der Waals surface area (Å²) >= 11 is 5.87. The lowest BCUT2D eigenvalue weighted by atomic mass is 10.1. The average Bonchev–Trinajstić information content (AvgIpc) is 3.00. The third kappa shape index (κ3) is 3.87. The molecule has 28 heavy (non-hydrogen) atoms. The number of halogens is 1. The standard InChI is InChI=1S/C17H16ClN3O6S/c1-27-16-6-4-12(20-7-2-8-28(20,25)26)10-14(16)19-17(22)13-9-11(18)3-5-15(13)21(23)24/h3-6,9-10H,2,7-8H2,1H3,(H,19,22). The Balaban J connectivity index is 1.98. The molecule has 3 rings (SSSR count). The van der Waals surface area contributed by atoms with Gasteiger partial charge in [0.05, 0.1) is 29.2 Å². The molecule has 11 heteroatoms. The summed E-state index contributed by atoms with van der Waals surface area (Å²) in [5.74, 6) is -0.442. The molecule has 1 N–H and O–H groups in total. The van der Waals surface area contributed by atoms with Gasteiger partial charge in [-0.3, -0.25) is 19.2 Å². The Hall–Kier alpha value is -2.85. The molecule has 1 heterocycles. The first-order valence-corrected chi connectivity index (χ1v) is 10.2. The zero-order valence-corrected chi connectivity index (χ0v) is 16.3. The average molecular weight is 426 g/mol. The zero-order valence-electron chi connectivity index (χ0n) is 14.7. The van der Waals surface area contributed by atoms with E-state index < -0.39 is 26.5 Å². The van der Waals surface area contributed by atoms with Gasteiger partial charge < -0.3 is 10.1 Å². The van der Waals surface area contributed by atoms with Crippen LogP contribution in [0.25, 0.3) is 0 Å². The highest BCUT2D eigenvalue weighted by Gasteiger charge is 2.29. The Kier molecular flexibility index (Phi) is 5.43. The predicted octanol–water partition coefficient (Wildman–Crippen LogP) is 3.05. The van der Waals surface area contributed by atoms with Gasteiger partial charge in [0.2, 0.25) is 10.0 Å². The normalized spacial score (nSPS) is 15.3. The minimum atomic E-state index is -3.41. The van der Waals surface area contributed by atoms with E-state index in [1.165, 1.54) is 35.7 Å². The Morgan fingerprint density at radius 3 is 2.64 bits per heavy atom. The number of nitro groups is 1. The van der Waals surface area contributed by atoms with E-state index in [2.05, 4.69) is 5.32 Å². The molecule has 1 fully saturated rings. The van der Waals surface area contributed by atoms with Gasteiger partial charge >= 0.3 is 0 Å². The van der Waals surface area contributed by atoms with Crippen molar-refractivity contribution in [1.82, 2.24) is 0 Å². The molecule has 0 saturated carbocycles. The second-order valence-corrected chi connectivity index (χ2v) is 8.45. The molecule has 2 aromatic rings. The molecular weight excluding hydrogens is 410 g/mol. The molecule has 0 radical (unpaired) electrons. The summed E-state index contributed by atoms with van der Waals surface area (Å²) in [7, 11) is -2.02. The first-order chi connectivity index (χ1) is 13.2. The second kappa shape index (κ2) is 7.64. The second-order valence-electron chi connectivity index (χ2n) is 6.00. The number of hydrogen-bond donors (Lipinski definition) is 1. The maximum Gasteiger partial charge on any atom is 0.282 e. The molecule has 1 aliphatic heterocycles. The highest BCUT2D eigenvalue weighted by molar-refractivity contribution is 7.93. The highest BCUT2D eigenvalue weighted by Crippen LogP contribution is 2.33. The predicted molar refractivity (Wildman–Crippen MR) is 105 cm³/mol. The van der Waals surface area contributed by atoms with Gasteiger partial charge in [-0.15, -0.1) is 0 Å². The van der Waals surface area contributed by atoms with Crippen molar-refractivity contribution in [3.8, 4) is 5.75 Å². The smallest absolute Gasteiger partial charge is 0.282 e. The monoisotopic (exact) mass is 425 g/mol. The molecular formula is C17H16ClN3O6S. The van der Waals surface area contributed by atoms with Crippen molar-refractivity contribution >= 4 is 44.6 Å². The lowest BCUT2D eigenvalue weighted by Gasteiger charge is -2.19. The number of amides is 1. The van der Waals surface area contributed by atoms with Gasteiger partial charge in [0.15, 0.2) is 0 Å². The molecule has 0 bridgehead atoms. The van der Waals surface area contributed by atoms with Crippen LogP contribution in [0.3, 0.4) is 0 Å². The van der Waals surface area contributed by atoms with Crippen molar-refractivity contribution in [2.24, 2.45) is 0 Å². The van der Waals surface area contributed by atoms with Crippen LogP contribution < -0.4 is 14.4 Å². The maximum absolute atomic E-state index is 12.7. The van der Waals surface area contributed by atoms with Gasteiger partial charge in [-0.05, 0) is 36.8 Å². The van der Waals surface area contributed by atoms with E-state index in [1.807, 2.05) is 0 Å². The number of methoxy groups -OCH3 is 1. The lowest BCUT2D eigenvalue weighted by Crippen LogP contribution is -2.25. The van der Waals surface area contributed by atoms with Crippen molar-refractivity contribution in [2.45, 2.75) is 6.42 Å². The molecule has 1 aliphatic rings. The fourth-order valence-electron chi connectivity index (χ4n) is 2.92. The molecule has 0 spiro atoms. The number of carbonyl (C=O) groups excluding carboxylic acids is 1. The van der Waals surface area contributed by atoms with E-state index in [0.29, 0.717) is 18.7 Å². The van der Waals surface area contributed by atoms with E-state index in [9.17, 15) is 23.3 Å². The van der Waals surface area contributed by atoms with Crippen LogP contribution in [-0.2, 0) is 10.0 Å². The number of rotatable bonds is 5. The topological polar surface area (TPSA) is 119 Å². The van der Waals surface area contributed by atoms with Crippen LogP contribution in [0.5, 0.6) is 5.75 Å². The van der Waals surface area contributed by atoms with Crippen LogP contribution >= 0.6 is 11.6 Å². The Morgan fingerprint density at radius 2 is 2.04 bits per heavy atom. The number of benzene rings is 2. The SMILES string of the molecule is COc1ccc(N2CCCS2(=O)=O)cc1NC(=O)c1cc(Cl)ccc1[N+](=O)[O-]. The van der Waals surface area contributed by atoms with Gasteiger partial charge in [-0.1, -0.05) is 11.6 Å². The van der Waals surface area contributed by atoms with E-state index >= 15 is 0 Å². The van der Waals surface area contributed by atoms with Crippen molar-refractivity contribution in [2.75, 3.05) is 29.0 Å². The Morgan fingerprint density at radius 1 is 1.29 bits per heavy atom. The number of nitro benzene ring substituents is 1. The number of nitrogens with zero attached hydrogens (tertiary/aromatic N) is 2. The summed E-state index contributed by atoms with van der Waals surface area (Å²) in [5.41, 5.74) is -0.0755. The summed E-state index contributed by atoms with van der Waals surface area (Å²) < 4.78 is 30.8. The van der Waals surface area contributed by atoms with Crippen molar-refractivity contribution in [3.63, 3.8) is 0 Å². The molecule has 9 nitrogen and oxygen atoms in total. The Labute approximate surface area is 166 Å². The van der Waals surface area contributed by atoms with E-state index in [1.54, 1.807) is 6.07 Å². The quantitative estimate of drug-likeness (QED) is 0.580. The molecule has 2 aromatic carbocycles. The van der Waals surface area contributed by atoms with Crippen molar-refractivity contribution in [3.05, 3.63) is 57.1 Å². The molecule has 0 atom stereocenters. The lowest BCUT2D eigenvalue weighted by molar-refractivity contribution is -0.385. The number of carbonyl (C=O) groups is 1. The van der Waals surface area contributed by atoms with Gasteiger partial charge in [-0.25, -0.2) is 8.42 Å². The fourth-order valence-corrected chi connectivity index (χ4v) is 4.65. The maximum atomic E-state index is 12.7. The third-order valence-corrected chi connectivity index (χ3v) is 6.32. The number of ether oxygens (including phenoxy) is 1. The summed E-state index contributed by atoms with van der Waals surface area (Å²) in [4.78, 5) is 23.2. The number of nitrogens with one attached hydrogen (secondary N) is 1. The molecule has 148 valence electrons. The molecule has 1 amide bonds. The summed E-state index contributed by atoms with van der Waals surface area (Å²) in [6.07, 6.45) is 0.505. The first kappa shape index (κ1) is 19.9. The fraction of sp³-hybridized carbons (Fsp3) is 0.235. The Bertz CT molecular complexity index is 1060. The van der Waals surface area contributed by atoms with Crippen molar-refractivity contribution in [1.29, 1.82) is 0 Å². The third-order valence-electron chi connectivity index (χ3n) is 4.22. The van der Waals surface area contributed by atoms with Crippen LogP contribution in [0.1, 0.15) is 16.8 Å². The van der Waals surface area contributed by atoms with Crippen LogP contribution in [0.15, 0.2) is 36.4 Å². The first-order valence-electron chi connectivity index (χ1n) is 8.16. The largest absolute Gasteiger partial charge is 0.495 e. The minimum absolute atomic E-state index is 0.0510. The molecule has 0 aromatic heterocycles. The summed E-state index contributed by atoms with van der Waals surface area (Å²) in [6, 6.07) is 8.19. The van der Waals surface area contributed by atoms with E-state index in [4.69, 9.17) is 16.3 Å².